The number of thioether (sulfide) groups is 1. The van der Waals surface area contributed by atoms with Crippen LogP contribution in [0.25, 0.3) is 28.6 Å². The highest BCUT2D eigenvalue weighted by Crippen LogP contribution is 2.28. The van der Waals surface area contributed by atoms with E-state index in [1.165, 1.54) is 11.8 Å². The molecule has 244 valence electrons. The van der Waals surface area contributed by atoms with Crippen LogP contribution >= 0.6 is 11.8 Å². The molecule has 0 spiro atoms. The van der Waals surface area contributed by atoms with Gasteiger partial charge in [-0.25, -0.2) is 4.98 Å². The molecule has 6 rings (SSSR count). The van der Waals surface area contributed by atoms with E-state index in [0.29, 0.717) is 39.7 Å². The Labute approximate surface area is 287 Å². The summed E-state index contributed by atoms with van der Waals surface area (Å²) in [7, 11) is 1.56. The molecule has 49 heavy (non-hydrogen) atoms. The first kappa shape index (κ1) is 32.8. The molecule has 0 aliphatic rings. The van der Waals surface area contributed by atoms with E-state index >= 15 is 0 Å². The minimum Gasteiger partial charge on any atom is -0.497 e. The van der Waals surface area contributed by atoms with Crippen LogP contribution in [-0.2, 0) is 9.59 Å². The van der Waals surface area contributed by atoms with E-state index in [-0.39, 0.29) is 11.6 Å². The molecule has 0 aliphatic carbocycles. The van der Waals surface area contributed by atoms with Crippen molar-refractivity contribution >= 4 is 58.0 Å². The van der Waals surface area contributed by atoms with Crippen molar-refractivity contribution in [3.63, 3.8) is 0 Å². The Bertz CT molecular complexity index is 2110. The van der Waals surface area contributed by atoms with Crippen LogP contribution in [-0.4, -0.2) is 35.1 Å². The lowest BCUT2D eigenvalue weighted by Gasteiger charge is -2.14. The summed E-state index contributed by atoms with van der Waals surface area (Å²) in [5.41, 5.74) is 4.58. The second kappa shape index (κ2) is 15.2. The van der Waals surface area contributed by atoms with Crippen LogP contribution in [0.4, 0.5) is 11.4 Å². The zero-order valence-corrected chi connectivity index (χ0v) is 27.5. The molecule has 1 atom stereocenters. The molecule has 0 bridgehead atoms. The normalized spacial score (nSPS) is 11.8. The lowest BCUT2D eigenvalue weighted by Crippen LogP contribution is -2.30. The summed E-state index contributed by atoms with van der Waals surface area (Å²) in [6.07, 6.45) is 1.59. The summed E-state index contributed by atoms with van der Waals surface area (Å²) in [6, 6.07) is 37.9. The number of hydrogen-bond donors (Lipinski definition) is 3. The van der Waals surface area contributed by atoms with Crippen LogP contribution < -0.4 is 20.7 Å². The zero-order chi connectivity index (χ0) is 34.2. The molecule has 3 N–H and O–H groups in total. The van der Waals surface area contributed by atoms with E-state index in [4.69, 9.17) is 9.15 Å². The fraction of sp³-hybridized carbons (Fsp3) is 0.0769. The molecule has 1 aromatic heterocycles. The fourth-order valence-electron chi connectivity index (χ4n) is 4.88. The quantitative estimate of drug-likeness (QED) is 0.0944. The number of fused-ring (bicyclic) bond motifs is 1. The van der Waals surface area contributed by atoms with Crippen molar-refractivity contribution in [2.75, 3.05) is 17.7 Å². The van der Waals surface area contributed by atoms with Gasteiger partial charge in [0.2, 0.25) is 11.8 Å². The molecule has 6 aromatic rings. The molecule has 10 heteroatoms. The monoisotopic (exact) mass is 668 g/mol. The number of anilines is 2. The summed E-state index contributed by atoms with van der Waals surface area (Å²) in [4.78, 5) is 44.9. The highest BCUT2D eigenvalue weighted by molar-refractivity contribution is 8.00. The average molecular weight is 669 g/mol. The summed E-state index contributed by atoms with van der Waals surface area (Å²) in [5.74, 6) is 0.0107. The van der Waals surface area contributed by atoms with Crippen molar-refractivity contribution in [1.29, 1.82) is 0 Å². The number of aromatic nitrogens is 1. The van der Waals surface area contributed by atoms with Crippen LogP contribution in [0.3, 0.4) is 0 Å². The van der Waals surface area contributed by atoms with Gasteiger partial charge in [-0.1, -0.05) is 48.5 Å². The van der Waals surface area contributed by atoms with Crippen molar-refractivity contribution in [2.24, 2.45) is 0 Å². The maximum absolute atomic E-state index is 13.5. The molecule has 1 heterocycles. The van der Waals surface area contributed by atoms with Crippen LogP contribution in [0.15, 0.2) is 142 Å². The first-order valence-corrected chi connectivity index (χ1v) is 16.3. The highest BCUT2D eigenvalue weighted by atomic mass is 32.2. The fourth-order valence-corrected chi connectivity index (χ4v) is 5.81. The summed E-state index contributed by atoms with van der Waals surface area (Å²) in [6.45, 7) is 1.81. The van der Waals surface area contributed by atoms with Gasteiger partial charge in [-0.2, -0.15) is 0 Å². The maximum atomic E-state index is 13.5. The van der Waals surface area contributed by atoms with Crippen LogP contribution in [0.5, 0.6) is 5.75 Å². The van der Waals surface area contributed by atoms with Gasteiger partial charge < -0.3 is 25.1 Å². The van der Waals surface area contributed by atoms with E-state index in [1.54, 1.807) is 79.9 Å². The van der Waals surface area contributed by atoms with Gasteiger partial charge in [0.1, 0.15) is 17.0 Å². The van der Waals surface area contributed by atoms with Crippen LogP contribution in [0, 0.1) is 0 Å². The molecule has 0 radical (unpaired) electrons. The summed E-state index contributed by atoms with van der Waals surface area (Å²) < 4.78 is 11.2. The third kappa shape index (κ3) is 8.43. The second-order valence-corrected chi connectivity index (χ2v) is 12.4. The Hall–Kier alpha value is -6.13. The van der Waals surface area contributed by atoms with Crippen molar-refractivity contribution in [3.05, 3.63) is 144 Å². The maximum Gasteiger partial charge on any atom is 0.272 e. The number of methoxy groups -OCH3 is 1. The number of amides is 3. The number of oxazole rings is 1. The Morgan fingerprint density at radius 3 is 2.33 bits per heavy atom. The molecular weight excluding hydrogens is 637 g/mol. The molecule has 0 saturated heterocycles. The average Bonchev–Trinajstić information content (AvgIpc) is 3.57. The highest BCUT2D eigenvalue weighted by Gasteiger charge is 2.18. The van der Waals surface area contributed by atoms with Gasteiger partial charge >= 0.3 is 0 Å². The molecule has 1 unspecified atom stereocenters. The van der Waals surface area contributed by atoms with Crippen molar-refractivity contribution in [2.45, 2.75) is 17.1 Å². The Morgan fingerprint density at radius 1 is 0.796 bits per heavy atom. The number of hydrogen-bond acceptors (Lipinski definition) is 7. The predicted molar refractivity (Wildman–Crippen MR) is 193 cm³/mol. The number of carbonyl (C=O) groups is 3. The van der Waals surface area contributed by atoms with Gasteiger partial charge in [0.25, 0.3) is 11.8 Å². The number of nitrogens with zero attached hydrogens (tertiary/aromatic N) is 1. The van der Waals surface area contributed by atoms with Gasteiger partial charge in [-0.15, -0.1) is 11.8 Å². The Morgan fingerprint density at radius 2 is 1.55 bits per heavy atom. The molecule has 5 aromatic carbocycles. The van der Waals surface area contributed by atoms with Crippen molar-refractivity contribution < 1.29 is 23.5 Å². The van der Waals surface area contributed by atoms with E-state index in [2.05, 4.69) is 20.9 Å². The number of carbonyl (C=O) groups excluding carboxylic acids is 3. The predicted octanol–water partition coefficient (Wildman–Crippen LogP) is 8.03. The topological polar surface area (TPSA) is 123 Å². The van der Waals surface area contributed by atoms with Crippen LogP contribution in [0.2, 0.25) is 0 Å². The smallest absolute Gasteiger partial charge is 0.272 e. The minimum absolute atomic E-state index is 0.0510. The molecular formula is C39H32N4O5S. The summed E-state index contributed by atoms with van der Waals surface area (Å²) >= 11 is 1.35. The Kier molecular flexibility index (Phi) is 10.2. The number of nitrogens with one attached hydrogen (secondary N) is 3. The lowest BCUT2D eigenvalue weighted by atomic mass is 10.1. The van der Waals surface area contributed by atoms with Gasteiger partial charge in [0.15, 0.2) is 5.58 Å². The van der Waals surface area contributed by atoms with Gasteiger partial charge in [-0.05, 0) is 97.4 Å². The molecule has 3 amide bonds. The van der Waals surface area contributed by atoms with Crippen molar-refractivity contribution in [1.82, 2.24) is 10.3 Å². The number of ether oxygens (including phenoxy) is 1. The third-order valence-electron chi connectivity index (χ3n) is 7.40. The van der Waals surface area contributed by atoms with Gasteiger partial charge in [0.05, 0.1) is 12.4 Å². The van der Waals surface area contributed by atoms with Gasteiger partial charge in [0, 0.05) is 27.4 Å². The Balaban J connectivity index is 1.11. The summed E-state index contributed by atoms with van der Waals surface area (Å²) in [5, 5.41) is 8.13. The van der Waals surface area contributed by atoms with E-state index < -0.39 is 17.1 Å². The van der Waals surface area contributed by atoms with E-state index in [9.17, 15) is 14.4 Å². The SMILES string of the molecule is COc1cccc(/C=C(\NC(=O)c2ccccc2)C(=O)Nc2cccc(SC(C)C(=O)Nc3ccc(-c4nc5ccccc5o4)cc3)c2)c1. The molecule has 9 nitrogen and oxygen atoms in total. The third-order valence-corrected chi connectivity index (χ3v) is 8.49. The minimum atomic E-state index is -0.513. The van der Waals surface area contributed by atoms with E-state index in [1.807, 2.05) is 67.6 Å². The number of para-hydroxylation sites is 2. The van der Waals surface area contributed by atoms with Gasteiger partial charge in [-0.3, -0.25) is 14.4 Å². The molecule has 0 fully saturated rings. The lowest BCUT2D eigenvalue weighted by molar-refractivity contribution is -0.115. The largest absolute Gasteiger partial charge is 0.497 e. The number of rotatable bonds is 11. The first-order valence-electron chi connectivity index (χ1n) is 15.4. The van der Waals surface area contributed by atoms with E-state index in [0.717, 1.165) is 16.0 Å². The zero-order valence-electron chi connectivity index (χ0n) is 26.7. The first-order chi connectivity index (χ1) is 23.8. The standard InChI is InChI=1S/C39H32N4O5S/c1-25(36(44)40-29-20-18-28(19-21-29)39-43-33-16-6-7-17-35(33)48-39)49-32-15-9-13-30(24-32)41-38(46)34(23-26-10-8-14-31(22-26)47-2)42-37(45)27-11-4-3-5-12-27/h3-25H,1-2H3,(H,40,44)(H,41,46)(H,42,45)/b34-23-. The second-order valence-electron chi connectivity index (χ2n) is 11.0. The van der Waals surface area contributed by atoms with Crippen molar-refractivity contribution in [3.8, 4) is 17.2 Å². The molecule has 0 saturated carbocycles. The number of benzene rings is 5. The van der Waals surface area contributed by atoms with Crippen LogP contribution in [0.1, 0.15) is 22.8 Å². The molecule has 0 aliphatic heterocycles.